The van der Waals surface area contributed by atoms with Crippen molar-refractivity contribution in [2.45, 2.75) is 13.5 Å². The van der Waals surface area contributed by atoms with Crippen LogP contribution < -0.4 is 5.73 Å². The molecule has 2 heterocycles. The highest BCUT2D eigenvalue weighted by atomic mass is 35.5. The fourth-order valence-corrected chi connectivity index (χ4v) is 2.56. The van der Waals surface area contributed by atoms with Gasteiger partial charge in [0.2, 0.25) is 0 Å². The van der Waals surface area contributed by atoms with Crippen molar-refractivity contribution in [3.8, 4) is 0 Å². The summed E-state index contributed by atoms with van der Waals surface area (Å²) in [7, 11) is 0. The predicted octanol–water partition coefficient (Wildman–Crippen LogP) is 2.12. The van der Waals surface area contributed by atoms with Gasteiger partial charge in [0.05, 0.1) is 24.1 Å². The van der Waals surface area contributed by atoms with Crippen molar-refractivity contribution in [2.75, 3.05) is 12.3 Å². The highest BCUT2D eigenvalue weighted by molar-refractivity contribution is 6.31. The molecule has 0 aliphatic heterocycles. The molecule has 1 aromatic carbocycles. The summed E-state index contributed by atoms with van der Waals surface area (Å²) in [5, 5.41) is 15.6. The van der Waals surface area contributed by atoms with Gasteiger partial charge in [-0.05, 0) is 30.7 Å². The van der Waals surface area contributed by atoms with E-state index in [-0.39, 0.29) is 6.61 Å². The molecule has 3 rings (SSSR count). The minimum absolute atomic E-state index is 0.00443. The van der Waals surface area contributed by atoms with Crippen molar-refractivity contribution in [1.29, 1.82) is 0 Å². The molecule has 2 aromatic heterocycles. The van der Waals surface area contributed by atoms with E-state index in [4.69, 9.17) is 22.4 Å². The van der Waals surface area contributed by atoms with Crippen LogP contribution in [0.3, 0.4) is 0 Å². The highest BCUT2D eigenvalue weighted by Gasteiger charge is 2.12. The molecule has 0 fully saturated rings. The first-order valence-electron chi connectivity index (χ1n) is 5.94. The van der Waals surface area contributed by atoms with Crippen LogP contribution in [0.15, 0.2) is 18.2 Å². The number of aromatic nitrogens is 3. The number of hydrogen-bond donors (Lipinski definition) is 2. The number of rotatable bonds is 2. The van der Waals surface area contributed by atoms with E-state index in [2.05, 4.69) is 10.1 Å². The Labute approximate surface area is 114 Å². The Hall–Kier alpha value is -1.85. The zero-order valence-corrected chi connectivity index (χ0v) is 11.1. The van der Waals surface area contributed by atoms with Gasteiger partial charge in [-0.25, -0.2) is 9.67 Å². The molecule has 0 radical (unpaired) electrons. The maximum atomic E-state index is 9.05. The van der Waals surface area contributed by atoms with E-state index < -0.39 is 0 Å². The quantitative estimate of drug-likeness (QED) is 0.752. The molecule has 6 heteroatoms. The van der Waals surface area contributed by atoms with Crippen LogP contribution in [0.2, 0.25) is 5.02 Å². The van der Waals surface area contributed by atoms with E-state index in [0.29, 0.717) is 23.0 Å². The van der Waals surface area contributed by atoms with Crippen molar-refractivity contribution in [2.24, 2.45) is 0 Å². The van der Waals surface area contributed by atoms with Gasteiger partial charge in [-0.1, -0.05) is 11.6 Å². The van der Waals surface area contributed by atoms with E-state index in [0.717, 1.165) is 21.9 Å². The van der Waals surface area contributed by atoms with Gasteiger partial charge in [0.25, 0.3) is 0 Å². The van der Waals surface area contributed by atoms with Gasteiger partial charge in [-0.15, -0.1) is 0 Å². The summed E-state index contributed by atoms with van der Waals surface area (Å²) < 4.78 is 1.62. The second-order valence-electron chi connectivity index (χ2n) is 4.49. The summed E-state index contributed by atoms with van der Waals surface area (Å²) in [5.41, 5.74) is 8.44. The lowest BCUT2D eigenvalue weighted by Crippen LogP contribution is -2.05. The number of nitrogens with zero attached hydrogens (tertiary/aromatic N) is 3. The Bertz CT molecular complexity index is 781. The number of benzene rings is 1. The number of aliphatic hydroxyl groups is 1. The van der Waals surface area contributed by atoms with Crippen LogP contribution in [0.1, 0.15) is 5.56 Å². The SMILES string of the molecule is Cc1cc(Cl)cc2cc3c(N)nn(CCO)c3nc12. The lowest BCUT2D eigenvalue weighted by atomic mass is 10.1. The number of hydrogen-bond acceptors (Lipinski definition) is 4. The molecule has 0 aliphatic carbocycles. The molecule has 98 valence electrons. The van der Waals surface area contributed by atoms with Gasteiger partial charge in [0, 0.05) is 10.4 Å². The van der Waals surface area contributed by atoms with Gasteiger partial charge < -0.3 is 10.8 Å². The first-order chi connectivity index (χ1) is 9.10. The Morgan fingerprint density at radius 3 is 2.89 bits per heavy atom. The van der Waals surface area contributed by atoms with Gasteiger partial charge in [0.15, 0.2) is 11.5 Å². The van der Waals surface area contributed by atoms with Crippen LogP contribution in [-0.4, -0.2) is 26.5 Å². The van der Waals surface area contributed by atoms with Crippen molar-refractivity contribution in [3.63, 3.8) is 0 Å². The summed E-state index contributed by atoms with van der Waals surface area (Å²) in [5.74, 6) is 0.412. The van der Waals surface area contributed by atoms with Crippen molar-refractivity contribution in [3.05, 3.63) is 28.8 Å². The number of aliphatic hydroxyl groups excluding tert-OH is 1. The molecule has 0 atom stereocenters. The second-order valence-corrected chi connectivity index (χ2v) is 4.92. The van der Waals surface area contributed by atoms with E-state index >= 15 is 0 Å². The summed E-state index contributed by atoms with van der Waals surface area (Å²) in [6, 6.07) is 5.67. The van der Waals surface area contributed by atoms with Crippen LogP contribution >= 0.6 is 11.6 Å². The number of anilines is 1. The first-order valence-corrected chi connectivity index (χ1v) is 6.31. The number of fused-ring (bicyclic) bond motifs is 2. The Morgan fingerprint density at radius 2 is 2.16 bits per heavy atom. The number of nitrogen functional groups attached to an aromatic ring is 1. The Morgan fingerprint density at radius 1 is 1.37 bits per heavy atom. The number of halogens is 1. The summed E-state index contributed by atoms with van der Waals surface area (Å²) >= 11 is 6.06. The normalized spacial score (nSPS) is 11.5. The van der Waals surface area contributed by atoms with Crippen molar-refractivity contribution >= 4 is 39.4 Å². The number of aryl methyl sites for hydroxylation is 1. The number of pyridine rings is 1. The zero-order chi connectivity index (χ0) is 13.6. The monoisotopic (exact) mass is 276 g/mol. The van der Waals surface area contributed by atoms with E-state index in [1.54, 1.807) is 4.68 Å². The van der Waals surface area contributed by atoms with E-state index in [1.807, 2.05) is 25.1 Å². The average Bonchev–Trinajstić information content (AvgIpc) is 2.65. The Balaban J connectivity index is 2.40. The lowest BCUT2D eigenvalue weighted by Gasteiger charge is -2.04. The maximum Gasteiger partial charge on any atom is 0.160 e. The smallest absolute Gasteiger partial charge is 0.160 e. The minimum atomic E-state index is -0.00443. The predicted molar refractivity (Wildman–Crippen MR) is 76.3 cm³/mol. The fourth-order valence-electron chi connectivity index (χ4n) is 2.28. The third-order valence-electron chi connectivity index (χ3n) is 3.11. The third-order valence-corrected chi connectivity index (χ3v) is 3.33. The van der Waals surface area contributed by atoms with Gasteiger partial charge in [-0.2, -0.15) is 5.10 Å². The Kier molecular flexibility index (Phi) is 2.80. The van der Waals surface area contributed by atoms with Crippen LogP contribution in [0.25, 0.3) is 21.9 Å². The summed E-state index contributed by atoms with van der Waals surface area (Å²) in [4.78, 5) is 4.61. The molecule has 0 unspecified atom stereocenters. The molecule has 3 N–H and O–H groups in total. The molecule has 0 saturated carbocycles. The molecule has 19 heavy (non-hydrogen) atoms. The molecule has 0 spiro atoms. The van der Waals surface area contributed by atoms with Crippen LogP contribution in [0.4, 0.5) is 5.82 Å². The second kappa shape index (κ2) is 4.36. The molecular weight excluding hydrogens is 264 g/mol. The molecule has 0 bridgehead atoms. The number of nitrogens with two attached hydrogens (primary N) is 1. The molecule has 5 nitrogen and oxygen atoms in total. The largest absolute Gasteiger partial charge is 0.394 e. The van der Waals surface area contributed by atoms with Crippen LogP contribution in [-0.2, 0) is 6.54 Å². The minimum Gasteiger partial charge on any atom is -0.394 e. The van der Waals surface area contributed by atoms with Gasteiger partial charge in [0.1, 0.15) is 0 Å². The van der Waals surface area contributed by atoms with Crippen LogP contribution in [0.5, 0.6) is 0 Å². The fraction of sp³-hybridized carbons (Fsp3) is 0.231. The first kappa shape index (κ1) is 12.2. The average molecular weight is 277 g/mol. The van der Waals surface area contributed by atoms with E-state index in [1.165, 1.54) is 0 Å². The highest BCUT2D eigenvalue weighted by Crippen LogP contribution is 2.28. The zero-order valence-electron chi connectivity index (χ0n) is 10.4. The van der Waals surface area contributed by atoms with Crippen molar-refractivity contribution in [1.82, 2.24) is 14.8 Å². The molecule has 0 saturated heterocycles. The van der Waals surface area contributed by atoms with E-state index in [9.17, 15) is 0 Å². The van der Waals surface area contributed by atoms with Gasteiger partial charge >= 0.3 is 0 Å². The summed E-state index contributed by atoms with van der Waals surface area (Å²) in [6.45, 7) is 2.33. The topological polar surface area (TPSA) is 77.0 Å². The van der Waals surface area contributed by atoms with Gasteiger partial charge in [-0.3, -0.25) is 0 Å². The van der Waals surface area contributed by atoms with Crippen molar-refractivity contribution < 1.29 is 5.11 Å². The molecule has 0 amide bonds. The molecule has 3 aromatic rings. The maximum absolute atomic E-state index is 9.05. The lowest BCUT2D eigenvalue weighted by molar-refractivity contribution is 0.271. The standard InChI is InChI=1S/C13H13ClN4O/c1-7-4-9(14)5-8-6-10-12(15)17-18(2-3-19)13(10)16-11(7)8/h4-6,19H,2-3H2,1H3,(H2,15,17). The third kappa shape index (κ3) is 1.91. The molecule has 0 aliphatic rings. The van der Waals surface area contributed by atoms with Crippen LogP contribution in [0, 0.1) is 6.92 Å². The molecular formula is C13H13ClN4O. The summed E-state index contributed by atoms with van der Waals surface area (Å²) in [6.07, 6.45) is 0.